The molecular formula is C16H15ClO4. The number of fused-ring (bicyclic) bond motifs is 1. The first kappa shape index (κ1) is 14.1. The molecule has 2 aliphatic rings. The van der Waals surface area contributed by atoms with Crippen LogP contribution in [0, 0.1) is 0 Å². The molecule has 110 valence electrons. The average molecular weight is 307 g/mol. The van der Waals surface area contributed by atoms with E-state index in [0.29, 0.717) is 17.9 Å². The Hall–Kier alpha value is -1.81. The van der Waals surface area contributed by atoms with Gasteiger partial charge in [0.1, 0.15) is 6.10 Å². The Morgan fingerprint density at radius 1 is 1.33 bits per heavy atom. The van der Waals surface area contributed by atoms with E-state index >= 15 is 0 Å². The highest BCUT2D eigenvalue weighted by Gasteiger charge is 2.27. The van der Waals surface area contributed by atoms with E-state index in [4.69, 9.17) is 21.4 Å². The first-order valence-electron chi connectivity index (χ1n) is 7.00. The predicted octanol–water partition coefficient (Wildman–Crippen LogP) is 4.16. The number of rotatable bonds is 2. The Morgan fingerprint density at radius 3 is 2.81 bits per heavy atom. The van der Waals surface area contributed by atoms with Gasteiger partial charge in [0.05, 0.1) is 0 Å². The van der Waals surface area contributed by atoms with Crippen molar-refractivity contribution in [2.24, 2.45) is 0 Å². The van der Waals surface area contributed by atoms with Gasteiger partial charge in [0.2, 0.25) is 0 Å². The second-order valence-corrected chi connectivity index (χ2v) is 5.84. The van der Waals surface area contributed by atoms with Crippen LogP contribution in [0.15, 0.2) is 17.7 Å². The SMILES string of the molecule is O=C(O)OC1CCc2cc(C=C3CCCC3=O)c(Cl)cc21. The number of carbonyl (C=O) groups is 2. The van der Waals surface area contributed by atoms with Crippen LogP contribution in [0.1, 0.15) is 48.5 Å². The van der Waals surface area contributed by atoms with Crippen LogP contribution < -0.4 is 0 Å². The number of aryl methyl sites for hydroxylation is 1. The number of Topliss-reactive ketones (excluding diaryl/α,β-unsaturated/α-hetero) is 1. The van der Waals surface area contributed by atoms with Gasteiger partial charge in [-0.3, -0.25) is 4.79 Å². The Bertz CT molecular complexity index is 648. The van der Waals surface area contributed by atoms with E-state index in [1.54, 1.807) is 6.07 Å². The number of benzene rings is 1. The number of hydrogen-bond donors (Lipinski definition) is 1. The minimum atomic E-state index is -1.27. The zero-order valence-corrected chi connectivity index (χ0v) is 12.2. The van der Waals surface area contributed by atoms with E-state index in [-0.39, 0.29) is 5.78 Å². The molecule has 3 rings (SSSR count). The number of ketones is 1. The van der Waals surface area contributed by atoms with Crippen LogP contribution in [0.5, 0.6) is 0 Å². The van der Waals surface area contributed by atoms with Crippen LogP contribution in [-0.2, 0) is 16.0 Å². The minimum absolute atomic E-state index is 0.193. The van der Waals surface area contributed by atoms with Gasteiger partial charge < -0.3 is 9.84 Å². The third kappa shape index (κ3) is 2.81. The summed E-state index contributed by atoms with van der Waals surface area (Å²) in [4.78, 5) is 22.4. The fourth-order valence-corrected chi connectivity index (χ4v) is 3.27. The molecule has 0 saturated heterocycles. The summed E-state index contributed by atoms with van der Waals surface area (Å²) in [5.41, 5.74) is 3.54. The van der Waals surface area contributed by atoms with Crippen LogP contribution in [0.3, 0.4) is 0 Å². The number of ether oxygens (including phenoxy) is 1. The molecule has 0 aliphatic heterocycles. The van der Waals surface area contributed by atoms with Gasteiger partial charge in [0, 0.05) is 11.4 Å². The van der Waals surface area contributed by atoms with Crippen LogP contribution in [0.25, 0.3) is 6.08 Å². The predicted molar refractivity (Wildman–Crippen MR) is 78.5 cm³/mol. The molecule has 2 aliphatic carbocycles. The first-order valence-corrected chi connectivity index (χ1v) is 7.38. The van der Waals surface area contributed by atoms with Gasteiger partial charge in [-0.15, -0.1) is 0 Å². The lowest BCUT2D eigenvalue weighted by atomic mass is 10.0. The molecule has 1 aromatic rings. The highest BCUT2D eigenvalue weighted by Crippen LogP contribution is 2.38. The molecule has 1 aromatic carbocycles. The first-order chi connectivity index (χ1) is 10.0. The van der Waals surface area contributed by atoms with Crippen molar-refractivity contribution in [2.75, 3.05) is 0 Å². The summed E-state index contributed by atoms with van der Waals surface area (Å²) in [6.07, 6.45) is 3.87. The molecule has 0 amide bonds. The summed E-state index contributed by atoms with van der Waals surface area (Å²) < 4.78 is 4.87. The van der Waals surface area contributed by atoms with Crippen LogP contribution >= 0.6 is 11.6 Å². The fraction of sp³-hybridized carbons (Fsp3) is 0.375. The monoisotopic (exact) mass is 306 g/mol. The van der Waals surface area contributed by atoms with Gasteiger partial charge in [-0.25, -0.2) is 4.79 Å². The number of halogens is 1. The Morgan fingerprint density at radius 2 is 2.14 bits per heavy atom. The highest BCUT2D eigenvalue weighted by atomic mass is 35.5. The molecule has 1 unspecified atom stereocenters. The maximum atomic E-state index is 11.7. The minimum Gasteiger partial charge on any atom is -0.450 e. The summed E-state index contributed by atoms with van der Waals surface area (Å²) in [5.74, 6) is 0.193. The quantitative estimate of drug-likeness (QED) is 0.658. The number of hydrogen-bond acceptors (Lipinski definition) is 3. The van der Waals surface area contributed by atoms with E-state index in [9.17, 15) is 9.59 Å². The molecule has 0 aromatic heterocycles. The summed E-state index contributed by atoms with van der Waals surface area (Å²) in [7, 11) is 0. The van der Waals surface area contributed by atoms with Crippen molar-refractivity contribution in [3.63, 3.8) is 0 Å². The zero-order chi connectivity index (χ0) is 15.0. The number of carboxylic acid groups (broad SMARTS) is 1. The van der Waals surface area contributed by atoms with Gasteiger partial charge in [-0.05, 0) is 66.2 Å². The fourth-order valence-electron chi connectivity index (χ4n) is 3.05. The molecule has 1 N–H and O–H groups in total. The maximum absolute atomic E-state index is 11.7. The molecule has 0 bridgehead atoms. The topological polar surface area (TPSA) is 63.6 Å². The lowest BCUT2D eigenvalue weighted by Gasteiger charge is -2.11. The molecule has 5 heteroatoms. The maximum Gasteiger partial charge on any atom is 0.506 e. The lowest BCUT2D eigenvalue weighted by Crippen LogP contribution is -2.06. The summed E-state index contributed by atoms with van der Waals surface area (Å²) in [6, 6.07) is 3.71. The van der Waals surface area contributed by atoms with Crippen molar-refractivity contribution >= 4 is 29.6 Å². The third-order valence-corrected chi connectivity index (χ3v) is 4.39. The molecule has 0 radical (unpaired) electrons. The number of carbonyl (C=O) groups excluding carboxylic acids is 1. The van der Waals surface area contributed by atoms with E-state index < -0.39 is 12.3 Å². The van der Waals surface area contributed by atoms with Crippen molar-refractivity contribution in [1.29, 1.82) is 0 Å². The zero-order valence-electron chi connectivity index (χ0n) is 11.4. The Labute approximate surface area is 127 Å². The average Bonchev–Trinajstić information content (AvgIpc) is 2.98. The molecule has 1 fully saturated rings. The smallest absolute Gasteiger partial charge is 0.450 e. The normalized spacial score (nSPS) is 22.6. The molecule has 1 saturated carbocycles. The standard InChI is InChI=1S/C16H15ClO4/c17-13-8-12-9(4-5-15(12)21-16(19)20)6-11(13)7-10-2-1-3-14(10)18/h6-8,15H,1-5H2,(H,19,20). The van der Waals surface area contributed by atoms with Crippen LogP contribution in [0.2, 0.25) is 5.02 Å². The number of allylic oxidation sites excluding steroid dienone is 1. The summed E-state index contributed by atoms with van der Waals surface area (Å²) in [5, 5.41) is 9.27. The van der Waals surface area contributed by atoms with Gasteiger partial charge in [0.15, 0.2) is 5.78 Å². The van der Waals surface area contributed by atoms with Gasteiger partial charge in [-0.2, -0.15) is 0 Å². The molecule has 4 nitrogen and oxygen atoms in total. The van der Waals surface area contributed by atoms with E-state index in [1.807, 2.05) is 12.1 Å². The molecule has 1 atom stereocenters. The lowest BCUT2D eigenvalue weighted by molar-refractivity contribution is -0.114. The second-order valence-electron chi connectivity index (χ2n) is 5.43. The van der Waals surface area contributed by atoms with Gasteiger partial charge in [-0.1, -0.05) is 11.6 Å². The third-order valence-electron chi connectivity index (χ3n) is 4.06. The summed E-state index contributed by atoms with van der Waals surface area (Å²) in [6.45, 7) is 0. The van der Waals surface area contributed by atoms with Crippen molar-refractivity contribution in [3.05, 3.63) is 39.4 Å². The molecule has 21 heavy (non-hydrogen) atoms. The summed E-state index contributed by atoms with van der Waals surface area (Å²) >= 11 is 6.28. The molecular weight excluding hydrogens is 292 g/mol. The van der Waals surface area contributed by atoms with Crippen molar-refractivity contribution in [2.45, 2.75) is 38.2 Å². The Balaban J connectivity index is 1.93. The Kier molecular flexibility index (Phi) is 3.72. The van der Waals surface area contributed by atoms with Crippen LogP contribution in [-0.4, -0.2) is 17.0 Å². The van der Waals surface area contributed by atoms with Crippen molar-refractivity contribution in [3.8, 4) is 0 Å². The van der Waals surface area contributed by atoms with Crippen LogP contribution in [0.4, 0.5) is 4.79 Å². The highest BCUT2D eigenvalue weighted by molar-refractivity contribution is 6.32. The van der Waals surface area contributed by atoms with E-state index in [1.165, 1.54) is 0 Å². The largest absolute Gasteiger partial charge is 0.506 e. The molecule has 0 heterocycles. The van der Waals surface area contributed by atoms with Crippen molar-refractivity contribution < 1.29 is 19.4 Å². The van der Waals surface area contributed by atoms with Crippen molar-refractivity contribution in [1.82, 2.24) is 0 Å². The van der Waals surface area contributed by atoms with Gasteiger partial charge in [0.25, 0.3) is 0 Å². The van der Waals surface area contributed by atoms with E-state index in [0.717, 1.165) is 41.5 Å². The van der Waals surface area contributed by atoms with Gasteiger partial charge >= 0.3 is 6.16 Å². The van der Waals surface area contributed by atoms with E-state index in [2.05, 4.69) is 0 Å². The molecule has 0 spiro atoms. The second kappa shape index (κ2) is 5.53.